The number of thioether (sulfide) groups is 1. The van der Waals surface area contributed by atoms with Crippen molar-refractivity contribution in [1.29, 1.82) is 0 Å². The molecule has 0 radical (unpaired) electrons. The van der Waals surface area contributed by atoms with Crippen LogP contribution in [0, 0.1) is 13.8 Å². The Morgan fingerprint density at radius 1 is 1.25 bits per heavy atom. The van der Waals surface area contributed by atoms with Crippen LogP contribution >= 0.6 is 11.8 Å². The highest BCUT2D eigenvalue weighted by Crippen LogP contribution is 2.17. The SMILES string of the molecule is Cc1ccc(SCCNC(=O)COC(=O)c2cnn(C)c2C)cc1. The minimum absolute atomic E-state index is 0.289. The number of esters is 1. The summed E-state index contributed by atoms with van der Waals surface area (Å²) in [7, 11) is 1.74. The molecule has 0 spiro atoms. The molecule has 1 N–H and O–H groups in total. The summed E-state index contributed by atoms with van der Waals surface area (Å²) in [6.07, 6.45) is 1.44. The second kappa shape index (κ2) is 8.54. The maximum Gasteiger partial charge on any atom is 0.342 e. The molecule has 1 aromatic heterocycles. The summed E-state index contributed by atoms with van der Waals surface area (Å²) < 4.78 is 6.58. The van der Waals surface area contributed by atoms with Crippen LogP contribution in [-0.4, -0.2) is 40.6 Å². The number of hydrogen-bond acceptors (Lipinski definition) is 5. The topological polar surface area (TPSA) is 73.2 Å². The Kier molecular flexibility index (Phi) is 6.43. The molecule has 0 atom stereocenters. The van der Waals surface area contributed by atoms with Crippen molar-refractivity contribution in [3.8, 4) is 0 Å². The number of aromatic nitrogens is 2. The molecule has 0 fully saturated rings. The van der Waals surface area contributed by atoms with Crippen molar-refractivity contribution in [3.05, 3.63) is 47.3 Å². The molecular weight excluding hydrogens is 326 g/mol. The molecule has 24 heavy (non-hydrogen) atoms. The largest absolute Gasteiger partial charge is 0.452 e. The first-order valence-corrected chi connectivity index (χ1v) is 8.58. The van der Waals surface area contributed by atoms with Gasteiger partial charge in [-0.1, -0.05) is 17.7 Å². The molecule has 7 heteroatoms. The van der Waals surface area contributed by atoms with Crippen molar-refractivity contribution in [2.45, 2.75) is 18.7 Å². The fourth-order valence-electron chi connectivity index (χ4n) is 1.95. The first kappa shape index (κ1) is 18.1. The molecule has 1 aromatic carbocycles. The molecule has 2 aromatic rings. The lowest BCUT2D eigenvalue weighted by atomic mass is 10.2. The lowest BCUT2D eigenvalue weighted by Gasteiger charge is -2.07. The van der Waals surface area contributed by atoms with Gasteiger partial charge in [0.25, 0.3) is 5.91 Å². The smallest absolute Gasteiger partial charge is 0.342 e. The van der Waals surface area contributed by atoms with Gasteiger partial charge in [0.2, 0.25) is 0 Å². The number of aryl methyl sites for hydroxylation is 2. The van der Waals surface area contributed by atoms with Gasteiger partial charge in [0.05, 0.1) is 6.20 Å². The molecule has 0 aliphatic carbocycles. The molecule has 1 heterocycles. The summed E-state index contributed by atoms with van der Waals surface area (Å²) in [5.41, 5.74) is 2.30. The second-order valence-electron chi connectivity index (χ2n) is 5.35. The Bertz CT molecular complexity index is 710. The quantitative estimate of drug-likeness (QED) is 0.472. The van der Waals surface area contributed by atoms with Gasteiger partial charge in [0.15, 0.2) is 6.61 Å². The van der Waals surface area contributed by atoms with Crippen molar-refractivity contribution in [2.75, 3.05) is 18.9 Å². The zero-order chi connectivity index (χ0) is 17.5. The van der Waals surface area contributed by atoms with Gasteiger partial charge in [0, 0.05) is 29.9 Å². The van der Waals surface area contributed by atoms with Crippen LogP contribution in [-0.2, 0) is 16.6 Å². The predicted molar refractivity (Wildman–Crippen MR) is 93.1 cm³/mol. The van der Waals surface area contributed by atoms with Crippen molar-refractivity contribution in [2.24, 2.45) is 7.05 Å². The van der Waals surface area contributed by atoms with E-state index in [-0.39, 0.29) is 12.5 Å². The first-order valence-electron chi connectivity index (χ1n) is 7.59. The number of amides is 1. The molecule has 0 unspecified atom stereocenters. The number of ether oxygens (including phenoxy) is 1. The monoisotopic (exact) mass is 347 g/mol. The van der Waals surface area contributed by atoms with Crippen LogP contribution in [0.1, 0.15) is 21.6 Å². The van der Waals surface area contributed by atoms with E-state index in [2.05, 4.69) is 34.7 Å². The molecule has 1 amide bonds. The molecule has 0 saturated heterocycles. The highest BCUT2D eigenvalue weighted by atomic mass is 32.2. The van der Waals surface area contributed by atoms with Crippen LogP contribution in [0.4, 0.5) is 0 Å². The molecule has 128 valence electrons. The van der Waals surface area contributed by atoms with E-state index in [0.29, 0.717) is 17.8 Å². The molecule has 0 aliphatic rings. The second-order valence-corrected chi connectivity index (χ2v) is 6.52. The van der Waals surface area contributed by atoms with Crippen molar-refractivity contribution >= 4 is 23.6 Å². The lowest BCUT2D eigenvalue weighted by molar-refractivity contribution is -0.124. The number of nitrogens with zero attached hydrogens (tertiary/aromatic N) is 2. The van der Waals surface area contributed by atoms with E-state index < -0.39 is 5.97 Å². The maximum absolute atomic E-state index is 11.9. The lowest BCUT2D eigenvalue weighted by Crippen LogP contribution is -2.30. The van der Waals surface area contributed by atoms with E-state index in [1.807, 2.05) is 6.92 Å². The van der Waals surface area contributed by atoms with E-state index in [9.17, 15) is 9.59 Å². The van der Waals surface area contributed by atoms with Gasteiger partial charge < -0.3 is 10.1 Å². The Hall–Kier alpha value is -2.28. The summed E-state index contributed by atoms with van der Waals surface area (Å²) in [5, 5.41) is 6.70. The van der Waals surface area contributed by atoms with E-state index in [1.54, 1.807) is 30.4 Å². The van der Waals surface area contributed by atoms with Crippen LogP contribution in [0.3, 0.4) is 0 Å². The fraction of sp³-hybridized carbons (Fsp3) is 0.353. The highest BCUT2D eigenvalue weighted by molar-refractivity contribution is 7.99. The number of rotatable bonds is 7. The average Bonchev–Trinajstić information content (AvgIpc) is 2.90. The Balaban J connectivity index is 1.65. The Labute approximate surface area is 145 Å². The summed E-state index contributed by atoms with van der Waals surface area (Å²) >= 11 is 1.66. The van der Waals surface area contributed by atoms with E-state index >= 15 is 0 Å². The number of hydrogen-bond donors (Lipinski definition) is 1. The minimum Gasteiger partial charge on any atom is -0.452 e. The van der Waals surface area contributed by atoms with Crippen molar-refractivity contribution < 1.29 is 14.3 Å². The molecule has 0 aliphatic heterocycles. The van der Waals surface area contributed by atoms with Gasteiger partial charge in [-0.25, -0.2) is 4.79 Å². The highest BCUT2D eigenvalue weighted by Gasteiger charge is 2.15. The standard InChI is InChI=1S/C17H21N3O3S/c1-12-4-6-14(7-5-12)24-9-8-18-16(21)11-23-17(22)15-10-19-20(3)13(15)2/h4-7,10H,8-9,11H2,1-3H3,(H,18,21). The minimum atomic E-state index is -0.537. The summed E-state index contributed by atoms with van der Waals surface area (Å²) in [6, 6.07) is 8.22. The first-order chi connectivity index (χ1) is 11.5. The molecular formula is C17H21N3O3S. The van der Waals surface area contributed by atoms with Gasteiger partial charge >= 0.3 is 5.97 Å². The average molecular weight is 347 g/mol. The zero-order valence-electron chi connectivity index (χ0n) is 14.0. The number of benzene rings is 1. The van der Waals surface area contributed by atoms with Crippen LogP contribution in [0.15, 0.2) is 35.4 Å². The molecule has 2 rings (SSSR count). The number of carbonyl (C=O) groups excluding carboxylic acids is 2. The fourth-order valence-corrected chi connectivity index (χ4v) is 2.72. The van der Waals surface area contributed by atoms with Crippen molar-refractivity contribution in [1.82, 2.24) is 15.1 Å². The van der Waals surface area contributed by atoms with Gasteiger partial charge in [-0.05, 0) is 26.0 Å². The number of nitrogens with one attached hydrogen (secondary N) is 1. The zero-order valence-corrected chi connectivity index (χ0v) is 14.9. The van der Waals surface area contributed by atoms with E-state index in [0.717, 1.165) is 10.6 Å². The normalized spacial score (nSPS) is 10.5. The van der Waals surface area contributed by atoms with Gasteiger partial charge in [0.1, 0.15) is 5.56 Å². The molecule has 6 nitrogen and oxygen atoms in total. The van der Waals surface area contributed by atoms with E-state index in [4.69, 9.17) is 4.74 Å². The van der Waals surface area contributed by atoms with E-state index in [1.165, 1.54) is 11.8 Å². The van der Waals surface area contributed by atoms with Crippen LogP contribution in [0.2, 0.25) is 0 Å². The maximum atomic E-state index is 11.9. The van der Waals surface area contributed by atoms with Crippen LogP contribution in [0.5, 0.6) is 0 Å². The Morgan fingerprint density at radius 3 is 2.58 bits per heavy atom. The van der Waals surface area contributed by atoms with Crippen molar-refractivity contribution in [3.63, 3.8) is 0 Å². The van der Waals surface area contributed by atoms with Gasteiger partial charge in [-0.3, -0.25) is 9.48 Å². The van der Waals surface area contributed by atoms with Crippen LogP contribution < -0.4 is 5.32 Å². The summed E-state index contributed by atoms with van der Waals surface area (Å²) in [4.78, 5) is 24.7. The predicted octanol–water partition coefficient (Wildman–Crippen LogP) is 2.10. The third-order valence-corrected chi connectivity index (χ3v) is 4.52. The third kappa shape index (κ3) is 5.13. The summed E-state index contributed by atoms with van der Waals surface area (Å²) in [5.74, 6) is -0.0936. The van der Waals surface area contributed by atoms with Crippen LogP contribution in [0.25, 0.3) is 0 Å². The Morgan fingerprint density at radius 2 is 1.96 bits per heavy atom. The van der Waals surface area contributed by atoms with Gasteiger partial charge in [-0.15, -0.1) is 11.8 Å². The molecule has 0 bridgehead atoms. The summed E-state index contributed by atoms with van der Waals surface area (Å²) in [6.45, 7) is 4.04. The molecule has 0 saturated carbocycles. The third-order valence-electron chi connectivity index (χ3n) is 3.50. The van der Waals surface area contributed by atoms with Gasteiger partial charge in [-0.2, -0.15) is 5.10 Å². The number of carbonyl (C=O) groups is 2.